The molecule has 0 atom stereocenters. The minimum Gasteiger partial charge on any atom is -0.711 e. The molecule has 0 unspecified atom stereocenters. The molecule has 1 aromatic carbocycles. The molecule has 16 heavy (non-hydrogen) atoms. The van der Waals surface area contributed by atoms with Gasteiger partial charge in [0.15, 0.2) is 5.69 Å². The van der Waals surface area contributed by atoms with Gasteiger partial charge in [0, 0.05) is 5.56 Å². The van der Waals surface area contributed by atoms with Gasteiger partial charge in [0.25, 0.3) is 6.33 Å². The smallest absolute Gasteiger partial charge is 0.290 e. The van der Waals surface area contributed by atoms with E-state index in [-0.39, 0.29) is 0 Å². The summed E-state index contributed by atoms with van der Waals surface area (Å²) in [5.41, 5.74) is 2.38. The maximum absolute atomic E-state index is 11.4. The van der Waals surface area contributed by atoms with Crippen molar-refractivity contribution in [3.05, 3.63) is 52.0 Å². The van der Waals surface area contributed by atoms with Gasteiger partial charge >= 0.3 is 0 Å². The van der Waals surface area contributed by atoms with Crippen LogP contribution < -0.4 is 4.73 Å². The zero-order valence-corrected chi connectivity index (χ0v) is 11.4. The van der Waals surface area contributed by atoms with E-state index in [1.165, 1.54) is 6.33 Å². The fraction of sp³-hybridized carbons (Fsp3) is 0.0909. The van der Waals surface area contributed by atoms with Crippen molar-refractivity contribution in [3.8, 4) is 11.3 Å². The van der Waals surface area contributed by atoms with Gasteiger partial charge in [0.05, 0.1) is 5.33 Å². The lowest BCUT2D eigenvalue weighted by Crippen LogP contribution is -2.32. The summed E-state index contributed by atoms with van der Waals surface area (Å²) >= 11 is 6.70. The number of hydrogen-bond donors (Lipinski definition) is 0. The van der Waals surface area contributed by atoms with Crippen molar-refractivity contribution >= 4 is 31.9 Å². The molecule has 1 heterocycles. The fourth-order valence-electron chi connectivity index (χ4n) is 1.38. The lowest BCUT2D eigenvalue weighted by molar-refractivity contribution is -0.616. The molecule has 0 radical (unpaired) electrons. The van der Waals surface area contributed by atoms with Crippen molar-refractivity contribution in [2.45, 2.75) is 5.33 Å². The Morgan fingerprint density at radius 3 is 2.56 bits per heavy atom. The van der Waals surface area contributed by atoms with Crippen LogP contribution in [0.5, 0.6) is 0 Å². The molecule has 0 aliphatic carbocycles. The van der Waals surface area contributed by atoms with Crippen molar-refractivity contribution in [2.75, 3.05) is 0 Å². The number of rotatable bonds is 2. The van der Waals surface area contributed by atoms with Crippen LogP contribution in [0.2, 0.25) is 0 Å². The van der Waals surface area contributed by atoms with E-state index in [0.717, 1.165) is 20.5 Å². The summed E-state index contributed by atoms with van der Waals surface area (Å²) in [6.45, 7) is 0. The van der Waals surface area contributed by atoms with Crippen molar-refractivity contribution in [3.63, 3.8) is 0 Å². The largest absolute Gasteiger partial charge is 0.711 e. The molecule has 2 aromatic rings. The van der Waals surface area contributed by atoms with Crippen molar-refractivity contribution in [1.29, 1.82) is 0 Å². The van der Waals surface area contributed by atoms with E-state index in [4.69, 9.17) is 0 Å². The molecule has 0 amide bonds. The number of halogens is 2. The third-order valence-corrected chi connectivity index (χ3v) is 3.56. The standard InChI is InChI=1S/C11H8Br2N2O/c12-6-9-10(13)11(14-7-15(9)16)8-4-2-1-3-5-8/h1-5,7H,6H2. The van der Waals surface area contributed by atoms with E-state index in [0.29, 0.717) is 11.0 Å². The molecule has 0 saturated carbocycles. The van der Waals surface area contributed by atoms with Gasteiger partial charge in [-0.3, -0.25) is 0 Å². The maximum atomic E-state index is 11.4. The van der Waals surface area contributed by atoms with E-state index in [1.54, 1.807) is 0 Å². The van der Waals surface area contributed by atoms with Crippen molar-refractivity contribution in [1.82, 2.24) is 4.98 Å². The minimum atomic E-state index is 0.486. The van der Waals surface area contributed by atoms with Gasteiger partial charge in [-0.25, -0.2) is 4.73 Å². The van der Waals surface area contributed by atoms with Crippen LogP contribution in [-0.2, 0) is 5.33 Å². The predicted octanol–water partition coefficient (Wildman–Crippen LogP) is 3.04. The highest BCUT2D eigenvalue weighted by Gasteiger charge is 2.16. The Morgan fingerprint density at radius 1 is 1.25 bits per heavy atom. The Hall–Kier alpha value is -0.940. The number of benzene rings is 1. The van der Waals surface area contributed by atoms with Crippen LogP contribution in [0.3, 0.4) is 0 Å². The highest BCUT2D eigenvalue weighted by molar-refractivity contribution is 9.11. The summed E-state index contributed by atoms with van der Waals surface area (Å²) in [6, 6.07) is 9.74. The zero-order valence-electron chi connectivity index (χ0n) is 8.23. The van der Waals surface area contributed by atoms with Crippen LogP contribution in [-0.4, -0.2) is 4.98 Å². The second kappa shape index (κ2) is 4.93. The third-order valence-electron chi connectivity index (χ3n) is 2.19. The molecule has 1 aromatic heterocycles. The van der Waals surface area contributed by atoms with Crippen LogP contribution in [0, 0.1) is 5.21 Å². The highest BCUT2D eigenvalue weighted by atomic mass is 79.9. The molecule has 2 rings (SSSR count). The van der Waals surface area contributed by atoms with Crippen LogP contribution in [0.1, 0.15) is 5.69 Å². The lowest BCUT2D eigenvalue weighted by Gasteiger charge is -2.09. The molecule has 82 valence electrons. The molecule has 0 aliphatic rings. The van der Waals surface area contributed by atoms with Gasteiger partial charge in [-0.2, -0.15) is 0 Å². The summed E-state index contributed by atoms with van der Waals surface area (Å²) in [4.78, 5) is 4.14. The molecule has 3 nitrogen and oxygen atoms in total. The zero-order chi connectivity index (χ0) is 11.5. The van der Waals surface area contributed by atoms with E-state index in [1.807, 2.05) is 30.3 Å². The monoisotopic (exact) mass is 342 g/mol. The van der Waals surface area contributed by atoms with E-state index in [9.17, 15) is 5.21 Å². The SMILES string of the molecule is [O-][n+]1cnc(-c2ccccc2)c(Br)c1CBr. The topological polar surface area (TPSA) is 39.8 Å². The average Bonchev–Trinajstić information content (AvgIpc) is 2.31. The molecule has 5 heteroatoms. The molecular formula is C11H8Br2N2O. The molecule has 0 aliphatic heterocycles. The summed E-state index contributed by atoms with van der Waals surface area (Å²) < 4.78 is 1.48. The van der Waals surface area contributed by atoms with Crippen LogP contribution in [0.4, 0.5) is 0 Å². The number of aromatic nitrogens is 2. The Bertz CT molecular complexity index is 503. The molecular weight excluding hydrogens is 336 g/mol. The summed E-state index contributed by atoms with van der Waals surface area (Å²) in [5, 5.41) is 11.9. The maximum Gasteiger partial charge on any atom is 0.290 e. The lowest BCUT2D eigenvalue weighted by atomic mass is 10.1. The molecule has 0 bridgehead atoms. The minimum absolute atomic E-state index is 0.486. The number of nitrogens with zero attached hydrogens (tertiary/aromatic N) is 2. The Kier molecular flexibility index (Phi) is 3.56. The fourth-order valence-corrected chi connectivity index (χ4v) is 2.93. The van der Waals surface area contributed by atoms with Gasteiger partial charge < -0.3 is 5.21 Å². The third kappa shape index (κ3) is 2.10. The molecule has 0 N–H and O–H groups in total. The first-order chi connectivity index (χ1) is 7.74. The van der Waals surface area contributed by atoms with Crippen LogP contribution >= 0.6 is 31.9 Å². The van der Waals surface area contributed by atoms with E-state index < -0.39 is 0 Å². The summed E-state index contributed by atoms with van der Waals surface area (Å²) in [6.07, 6.45) is 1.28. The number of alkyl halides is 1. The summed E-state index contributed by atoms with van der Waals surface area (Å²) in [5.74, 6) is 0. The predicted molar refractivity (Wildman–Crippen MR) is 69.0 cm³/mol. The van der Waals surface area contributed by atoms with Gasteiger partial charge in [0.2, 0.25) is 0 Å². The quantitative estimate of drug-likeness (QED) is 0.477. The Morgan fingerprint density at radius 2 is 1.94 bits per heavy atom. The second-order valence-electron chi connectivity index (χ2n) is 3.18. The normalized spacial score (nSPS) is 10.4. The highest BCUT2D eigenvalue weighted by Crippen LogP contribution is 2.27. The molecule has 0 fully saturated rings. The van der Waals surface area contributed by atoms with Crippen LogP contribution in [0.15, 0.2) is 41.1 Å². The Labute approximate surface area is 110 Å². The first-order valence-electron chi connectivity index (χ1n) is 4.62. The van der Waals surface area contributed by atoms with Gasteiger partial charge in [-0.15, -0.1) is 0 Å². The van der Waals surface area contributed by atoms with E-state index >= 15 is 0 Å². The number of hydrogen-bond acceptors (Lipinski definition) is 2. The first kappa shape index (κ1) is 11.5. The molecule has 0 saturated heterocycles. The first-order valence-corrected chi connectivity index (χ1v) is 6.53. The second-order valence-corrected chi connectivity index (χ2v) is 4.53. The van der Waals surface area contributed by atoms with Crippen LogP contribution in [0.25, 0.3) is 11.3 Å². The molecule has 0 spiro atoms. The summed E-state index contributed by atoms with van der Waals surface area (Å²) in [7, 11) is 0. The average molecular weight is 344 g/mol. The van der Waals surface area contributed by atoms with Gasteiger partial charge in [-0.1, -0.05) is 46.3 Å². The Balaban J connectivity index is 2.59. The van der Waals surface area contributed by atoms with Gasteiger partial charge in [0.1, 0.15) is 10.2 Å². The van der Waals surface area contributed by atoms with Crippen molar-refractivity contribution in [2.24, 2.45) is 0 Å². The van der Waals surface area contributed by atoms with Crippen molar-refractivity contribution < 1.29 is 4.73 Å². The van der Waals surface area contributed by atoms with E-state index in [2.05, 4.69) is 36.8 Å². The van der Waals surface area contributed by atoms with Gasteiger partial charge in [-0.05, 0) is 20.9 Å².